The predicted molar refractivity (Wildman–Crippen MR) is 139 cm³/mol. The summed E-state index contributed by atoms with van der Waals surface area (Å²) in [6, 6.07) is 22.8. The number of thiophene rings is 1. The highest BCUT2D eigenvalue weighted by atomic mass is 32.1. The van der Waals surface area contributed by atoms with E-state index in [0.29, 0.717) is 16.4 Å². The maximum atomic E-state index is 13.3. The number of methoxy groups -OCH3 is 1. The molecule has 0 saturated carbocycles. The van der Waals surface area contributed by atoms with Crippen LogP contribution in [0.3, 0.4) is 0 Å². The lowest BCUT2D eigenvalue weighted by Crippen LogP contribution is -2.38. The maximum absolute atomic E-state index is 13.3. The van der Waals surface area contributed by atoms with E-state index in [1.54, 1.807) is 36.2 Å². The van der Waals surface area contributed by atoms with Crippen LogP contribution in [0.15, 0.2) is 90.4 Å². The minimum atomic E-state index is -0.478. The van der Waals surface area contributed by atoms with E-state index in [2.05, 4.69) is 10.4 Å². The number of rotatable bonds is 8. The fraction of sp³-hybridized carbons (Fsp3) is 0.143. The lowest BCUT2D eigenvalue weighted by molar-refractivity contribution is 0.0886. The second-order valence-electron chi connectivity index (χ2n) is 8.31. The number of benzene rings is 3. The van der Waals surface area contributed by atoms with E-state index in [1.807, 2.05) is 60.8 Å². The molecule has 0 spiro atoms. The van der Waals surface area contributed by atoms with Crippen molar-refractivity contribution in [3.63, 3.8) is 0 Å². The summed E-state index contributed by atoms with van der Waals surface area (Å²) in [7, 11) is 1.61. The van der Waals surface area contributed by atoms with Crippen LogP contribution in [0, 0.1) is 5.82 Å². The number of nitrogens with zero attached hydrogens (tertiary/aromatic N) is 2. The van der Waals surface area contributed by atoms with Crippen LogP contribution in [0.1, 0.15) is 28.3 Å². The largest absolute Gasteiger partial charge is 0.497 e. The van der Waals surface area contributed by atoms with E-state index in [-0.39, 0.29) is 17.8 Å². The number of hydrogen-bond donors (Lipinski definition) is 1. The van der Waals surface area contributed by atoms with Gasteiger partial charge in [-0.25, -0.2) is 9.07 Å². The Morgan fingerprint density at radius 1 is 1.03 bits per heavy atom. The molecule has 2 heterocycles. The van der Waals surface area contributed by atoms with Crippen molar-refractivity contribution in [1.82, 2.24) is 15.1 Å². The zero-order chi connectivity index (χ0) is 25.1. The first-order valence-corrected chi connectivity index (χ1v) is 12.3. The molecule has 2 aromatic heterocycles. The minimum Gasteiger partial charge on any atom is -0.497 e. The van der Waals surface area contributed by atoms with Gasteiger partial charge in [0.2, 0.25) is 0 Å². The Morgan fingerprint density at radius 2 is 1.86 bits per heavy atom. The van der Waals surface area contributed by atoms with Crippen LogP contribution < -0.4 is 14.8 Å². The summed E-state index contributed by atoms with van der Waals surface area (Å²) in [5, 5.41) is 10.3. The Kier molecular flexibility index (Phi) is 6.69. The summed E-state index contributed by atoms with van der Waals surface area (Å²) in [6.07, 6.45) is 1.27. The number of amides is 1. The summed E-state index contributed by atoms with van der Waals surface area (Å²) >= 11 is 1.39. The fourth-order valence-corrected chi connectivity index (χ4v) is 4.68. The van der Waals surface area contributed by atoms with Crippen molar-refractivity contribution in [3.8, 4) is 17.2 Å². The van der Waals surface area contributed by atoms with Gasteiger partial charge in [-0.05, 0) is 78.5 Å². The number of aromatic nitrogens is 2. The molecule has 1 amide bonds. The van der Waals surface area contributed by atoms with Crippen LogP contribution in [0.5, 0.6) is 11.5 Å². The van der Waals surface area contributed by atoms with Crippen LogP contribution in [0.2, 0.25) is 0 Å². The van der Waals surface area contributed by atoms with E-state index >= 15 is 0 Å². The van der Waals surface area contributed by atoms with E-state index < -0.39 is 6.10 Å². The lowest BCUT2D eigenvalue weighted by atomic mass is 10.0. The van der Waals surface area contributed by atoms with Crippen molar-refractivity contribution in [2.75, 3.05) is 7.11 Å². The van der Waals surface area contributed by atoms with Gasteiger partial charge in [0.05, 0.1) is 35.4 Å². The van der Waals surface area contributed by atoms with Gasteiger partial charge in [0.1, 0.15) is 23.4 Å². The van der Waals surface area contributed by atoms with Crippen molar-refractivity contribution < 1.29 is 18.7 Å². The third kappa shape index (κ3) is 4.94. The van der Waals surface area contributed by atoms with E-state index in [1.165, 1.54) is 23.5 Å². The van der Waals surface area contributed by atoms with Crippen LogP contribution in [0.25, 0.3) is 16.6 Å². The number of hydrogen-bond acceptors (Lipinski definition) is 5. The molecule has 0 radical (unpaired) electrons. The molecule has 0 aliphatic heterocycles. The van der Waals surface area contributed by atoms with Crippen molar-refractivity contribution in [2.45, 2.75) is 19.1 Å². The van der Waals surface area contributed by atoms with E-state index in [0.717, 1.165) is 22.2 Å². The van der Waals surface area contributed by atoms with Crippen LogP contribution in [-0.2, 0) is 0 Å². The summed E-state index contributed by atoms with van der Waals surface area (Å²) in [5.41, 5.74) is 2.50. The molecule has 2 atom stereocenters. The van der Waals surface area contributed by atoms with Crippen molar-refractivity contribution in [2.24, 2.45) is 0 Å². The SMILES string of the molecule is COc1cccc([C@H](Oc2ccc3c(cnn3-c3ccc(F)cc3)c2)[C@H](C)NC(=O)c2cccs2)c1. The van der Waals surface area contributed by atoms with E-state index in [4.69, 9.17) is 9.47 Å². The van der Waals surface area contributed by atoms with Crippen LogP contribution in [-0.4, -0.2) is 28.8 Å². The Hall–Kier alpha value is -4.17. The summed E-state index contributed by atoms with van der Waals surface area (Å²) in [4.78, 5) is 13.4. The molecule has 0 saturated heterocycles. The van der Waals surface area contributed by atoms with Gasteiger partial charge in [-0.1, -0.05) is 18.2 Å². The maximum Gasteiger partial charge on any atom is 0.261 e. The van der Waals surface area contributed by atoms with Gasteiger partial charge in [0, 0.05) is 5.39 Å². The summed E-state index contributed by atoms with van der Waals surface area (Å²) in [6.45, 7) is 1.92. The van der Waals surface area contributed by atoms with Crippen molar-refractivity contribution in [1.29, 1.82) is 0 Å². The molecular formula is C28H24FN3O3S. The third-order valence-corrected chi connectivity index (χ3v) is 6.72. The number of halogens is 1. The third-order valence-electron chi connectivity index (χ3n) is 5.85. The number of carbonyl (C=O) groups excluding carboxylic acids is 1. The number of carbonyl (C=O) groups is 1. The molecule has 0 aliphatic rings. The van der Waals surface area contributed by atoms with Gasteiger partial charge >= 0.3 is 0 Å². The highest BCUT2D eigenvalue weighted by molar-refractivity contribution is 7.12. The Bertz CT molecular complexity index is 1480. The van der Waals surface area contributed by atoms with Crippen LogP contribution in [0.4, 0.5) is 4.39 Å². The normalized spacial score (nSPS) is 12.8. The standard InChI is InChI=1S/C28H24FN3O3S/c1-18(31-28(33)26-7-4-14-36-26)27(19-5-3-6-23(15-19)34-2)35-24-12-13-25-20(16-24)17-30-32(25)22-10-8-21(29)9-11-22/h3-18,27H,1-2H3,(H,31,33)/t18-,27+/m0/s1. The van der Waals surface area contributed by atoms with Crippen molar-refractivity contribution >= 4 is 28.1 Å². The minimum absolute atomic E-state index is 0.148. The molecule has 1 N–H and O–H groups in total. The molecule has 3 aromatic carbocycles. The van der Waals surface area contributed by atoms with Gasteiger partial charge in [-0.15, -0.1) is 11.3 Å². The van der Waals surface area contributed by atoms with Crippen molar-refractivity contribution in [3.05, 3.63) is 107 Å². The topological polar surface area (TPSA) is 65.4 Å². The molecular weight excluding hydrogens is 477 g/mol. The fourth-order valence-electron chi connectivity index (χ4n) is 4.06. The van der Waals surface area contributed by atoms with Crippen LogP contribution >= 0.6 is 11.3 Å². The molecule has 0 bridgehead atoms. The highest BCUT2D eigenvalue weighted by Crippen LogP contribution is 2.30. The predicted octanol–water partition coefficient (Wildman–Crippen LogP) is 6.17. The smallest absolute Gasteiger partial charge is 0.261 e. The molecule has 0 fully saturated rings. The molecule has 0 unspecified atom stereocenters. The highest BCUT2D eigenvalue weighted by Gasteiger charge is 2.25. The number of ether oxygens (including phenoxy) is 2. The average Bonchev–Trinajstić information content (AvgIpc) is 3.58. The Labute approximate surface area is 211 Å². The molecule has 8 heteroatoms. The number of nitrogens with one attached hydrogen (secondary N) is 1. The second kappa shape index (κ2) is 10.2. The molecule has 182 valence electrons. The Morgan fingerprint density at radius 3 is 2.61 bits per heavy atom. The molecule has 6 nitrogen and oxygen atoms in total. The molecule has 5 rings (SSSR count). The van der Waals surface area contributed by atoms with Gasteiger partial charge in [0.25, 0.3) is 5.91 Å². The zero-order valence-corrected chi connectivity index (χ0v) is 20.5. The quantitative estimate of drug-likeness (QED) is 0.276. The van der Waals surface area contributed by atoms with Gasteiger partial charge < -0.3 is 14.8 Å². The van der Waals surface area contributed by atoms with Gasteiger partial charge in [0.15, 0.2) is 0 Å². The average molecular weight is 502 g/mol. The first-order chi connectivity index (χ1) is 17.5. The summed E-state index contributed by atoms with van der Waals surface area (Å²) in [5.74, 6) is 0.889. The molecule has 36 heavy (non-hydrogen) atoms. The number of fused-ring (bicyclic) bond motifs is 1. The monoisotopic (exact) mass is 501 g/mol. The summed E-state index contributed by atoms with van der Waals surface area (Å²) < 4.78 is 27.0. The zero-order valence-electron chi connectivity index (χ0n) is 19.7. The second-order valence-corrected chi connectivity index (χ2v) is 9.26. The first kappa shape index (κ1) is 23.6. The van der Waals surface area contributed by atoms with E-state index in [9.17, 15) is 9.18 Å². The van der Waals surface area contributed by atoms with Gasteiger partial charge in [-0.3, -0.25) is 4.79 Å². The molecule has 0 aliphatic carbocycles. The first-order valence-electron chi connectivity index (χ1n) is 11.4. The molecule has 5 aromatic rings. The van der Waals surface area contributed by atoms with Gasteiger partial charge in [-0.2, -0.15) is 5.10 Å². The Balaban J connectivity index is 1.44. The lowest BCUT2D eigenvalue weighted by Gasteiger charge is -2.27.